The summed E-state index contributed by atoms with van der Waals surface area (Å²) < 4.78 is 5.77. The Morgan fingerprint density at radius 3 is 3.00 bits per heavy atom. The number of aliphatic hydroxyl groups is 1. The van der Waals surface area contributed by atoms with Crippen LogP contribution in [0.3, 0.4) is 0 Å². The van der Waals surface area contributed by atoms with Gasteiger partial charge in [-0.15, -0.1) is 0 Å². The van der Waals surface area contributed by atoms with E-state index in [1.54, 1.807) is 0 Å². The van der Waals surface area contributed by atoms with Crippen LogP contribution in [0.15, 0.2) is 34.7 Å². The average Bonchev–Trinajstić information content (AvgIpc) is 2.81. The van der Waals surface area contributed by atoms with Gasteiger partial charge in [-0.2, -0.15) is 0 Å². The van der Waals surface area contributed by atoms with Crippen LogP contribution in [0.1, 0.15) is 31.4 Å². The molecule has 0 radical (unpaired) electrons. The van der Waals surface area contributed by atoms with Crippen LogP contribution >= 0.6 is 0 Å². The van der Waals surface area contributed by atoms with E-state index in [1.165, 1.54) is 6.42 Å². The highest BCUT2D eigenvalue weighted by Crippen LogP contribution is 2.24. The van der Waals surface area contributed by atoms with E-state index in [9.17, 15) is 5.11 Å². The minimum Gasteiger partial charge on any atom is -0.460 e. The second-order valence-electron chi connectivity index (χ2n) is 5.57. The lowest BCUT2D eigenvalue weighted by Gasteiger charge is -2.25. The van der Waals surface area contributed by atoms with Gasteiger partial charge in [0.2, 0.25) is 0 Å². The van der Waals surface area contributed by atoms with E-state index in [0.717, 1.165) is 49.1 Å². The fourth-order valence-electron chi connectivity index (χ4n) is 2.97. The van der Waals surface area contributed by atoms with Crippen molar-refractivity contribution in [3.8, 4) is 0 Å². The zero-order valence-electron chi connectivity index (χ0n) is 11.1. The summed E-state index contributed by atoms with van der Waals surface area (Å²) in [5, 5.41) is 14.3. The molecule has 1 aliphatic rings. The van der Waals surface area contributed by atoms with Crippen LogP contribution in [0.25, 0.3) is 11.0 Å². The fourth-order valence-corrected chi connectivity index (χ4v) is 2.97. The molecule has 3 rings (SSSR count). The summed E-state index contributed by atoms with van der Waals surface area (Å²) in [5.74, 6) is 1.59. The number of hydrogen-bond donors (Lipinski definition) is 2. The summed E-state index contributed by atoms with van der Waals surface area (Å²) in [7, 11) is 0. The van der Waals surface area contributed by atoms with Gasteiger partial charge in [0.25, 0.3) is 0 Å². The van der Waals surface area contributed by atoms with Crippen molar-refractivity contribution in [3.05, 3.63) is 36.1 Å². The highest BCUT2D eigenvalue weighted by Gasteiger charge is 2.19. The summed E-state index contributed by atoms with van der Waals surface area (Å²) in [6.45, 7) is 1.73. The Balaban J connectivity index is 1.51. The first-order valence-corrected chi connectivity index (χ1v) is 7.17. The van der Waals surface area contributed by atoms with Crippen LogP contribution in [0.5, 0.6) is 0 Å². The predicted octanol–water partition coefficient (Wildman–Crippen LogP) is 3.07. The molecule has 1 aromatic heterocycles. The van der Waals surface area contributed by atoms with Crippen LogP contribution in [0.2, 0.25) is 0 Å². The van der Waals surface area contributed by atoms with Crippen LogP contribution < -0.4 is 5.32 Å². The van der Waals surface area contributed by atoms with Gasteiger partial charge in [0.15, 0.2) is 0 Å². The molecule has 19 heavy (non-hydrogen) atoms. The number of aliphatic hydroxyl groups excluding tert-OH is 1. The molecule has 2 aromatic rings. The molecular formula is C16H21NO2. The first-order chi connectivity index (χ1) is 9.31. The number of para-hydroxylation sites is 1. The van der Waals surface area contributed by atoms with Gasteiger partial charge >= 0.3 is 0 Å². The Labute approximate surface area is 113 Å². The van der Waals surface area contributed by atoms with E-state index >= 15 is 0 Å². The van der Waals surface area contributed by atoms with Crippen molar-refractivity contribution in [2.24, 2.45) is 5.92 Å². The molecule has 1 aromatic carbocycles. The zero-order valence-corrected chi connectivity index (χ0v) is 11.1. The van der Waals surface area contributed by atoms with Gasteiger partial charge in [0.1, 0.15) is 11.3 Å². The van der Waals surface area contributed by atoms with Gasteiger partial charge in [-0.25, -0.2) is 0 Å². The second-order valence-corrected chi connectivity index (χ2v) is 5.57. The van der Waals surface area contributed by atoms with E-state index in [0.29, 0.717) is 5.92 Å². The topological polar surface area (TPSA) is 45.4 Å². The molecule has 2 N–H and O–H groups in total. The molecular weight excluding hydrogens is 238 g/mol. The van der Waals surface area contributed by atoms with Crippen molar-refractivity contribution in [1.82, 2.24) is 5.32 Å². The Hall–Kier alpha value is -1.32. The summed E-state index contributed by atoms with van der Waals surface area (Å²) >= 11 is 0. The molecule has 0 bridgehead atoms. The van der Waals surface area contributed by atoms with E-state index in [4.69, 9.17) is 4.42 Å². The second kappa shape index (κ2) is 5.76. The molecule has 1 heterocycles. The lowest BCUT2D eigenvalue weighted by Crippen LogP contribution is -2.28. The molecule has 3 nitrogen and oxygen atoms in total. The van der Waals surface area contributed by atoms with Crippen molar-refractivity contribution in [2.45, 2.75) is 38.3 Å². The molecule has 0 aliphatic heterocycles. The third kappa shape index (κ3) is 3.17. The van der Waals surface area contributed by atoms with Gasteiger partial charge in [-0.05, 0) is 43.9 Å². The standard InChI is InChI=1S/C16H21NO2/c18-14-6-3-4-12(8-14)10-17-11-15-9-13-5-1-2-7-16(13)19-15/h1-2,5,7,9,12,14,17-18H,3-4,6,8,10-11H2. The smallest absolute Gasteiger partial charge is 0.134 e. The summed E-state index contributed by atoms with van der Waals surface area (Å²) in [6, 6.07) is 10.2. The molecule has 0 spiro atoms. The van der Waals surface area contributed by atoms with Crippen molar-refractivity contribution in [3.63, 3.8) is 0 Å². The average molecular weight is 259 g/mol. The van der Waals surface area contributed by atoms with Crippen LogP contribution in [0.4, 0.5) is 0 Å². The minimum absolute atomic E-state index is 0.0910. The zero-order chi connectivity index (χ0) is 13.1. The quantitative estimate of drug-likeness (QED) is 0.887. The van der Waals surface area contributed by atoms with Gasteiger partial charge in [-0.3, -0.25) is 0 Å². The minimum atomic E-state index is -0.0910. The van der Waals surface area contributed by atoms with Gasteiger partial charge < -0.3 is 14.8 Å². The largest absolute Gasteiger partial charge is 0.460 e. The normalized spacial score (nSPS) is 23.8. The van der Waals surface area contributed by atoms with Crippen LogP contribution in [-0.4, -0.2) is 17.8 Å². The third-order valence-electron chi connectivity index (χ3n) is 3.96. The van der Waals surface area contributed by atoms with E-state index in [1.807, 2.05) is 18.2 Å². The number of hydrogen-bond acceptors (Lipinski definition) is 3. The number of furan rings is 1. The summed E-state index contributed by atoms with van der Waals surface area (Å²) in [6.07, 6.45) is 4.20. The number of benzene rings is 1. The Kier molecular flexibility index (Phi) is 3.85. The fraction of sp³-hybridized carbons (Fsp3) is 0.500. The first kappa shape index (κ1) is 12.7. The molecule has 102 valence electrons. The molecule has 0 amide bonds. The van der Waals surface area contributed by atoms with Gasteiger partial charge in [-0.1, -0.05) is 24.6 Å². The number of fused-ring (bicyclic) bond motifs is 1. The van der Waals surface area contributed by atoms with Gasteiger partial charge in [0, 0.05) is 5.39 Å². The van der Waals surface area contributed by atoms with Crippen molar-refractivity contribution < 1.29 is 9.52 Å². The first-order valence-electron chi connectivity index (χ1n) is 7.17. The molecule has 1 saturated carbocycles. The Bertz CT molecular complexity index is 501. The predicted molar refractivity (Wildman–Crippen MR) is 75.9 cm³/mol. The monoisotopic (exact) mass is 259 g/mol. The van der Waals surface area contributed by atoms with Crippen LogP contribution in [0, 0.1) is 5.92 Å². The molecule has 1 aliphatic carbocycles. The number of nitrogens with one attached hydrogen (secondary N) is 1. The maximum Gasteiger partial charge on any atom is 0.134 e. The lowest BCUT2D eigenvalue weighted by molar-refractivity contribution is 0.100. The molecule has 2 unspecified atom stereocenters. The van der Waals surface area contributed by atoms with Gasteiger partial charge in [0.05, 0.1) is 12.6 Å². The maximum atomic E-state index is 9.64. The Morgan fingerprint density at radius 2 is 2.16 bits per heavy atom. The third-order valence-corrected chi connectivity index (χ3v) is 3.96. The maximum absolute atomic E-state index is 9.64. The highest BCUT2D eigenvalue weighted by atomic mass is 16.3. The molecule has 0 saturated heterocycles. The SMILES string of the molecule is OC1CCCC(CNCc2cc3ccccc3o2)C1. The van der Waals surface area contributed by atoms with Crippen LogP contribution in [-0.2, 0) is 6.54 Å². The number of rotatable bonds is 4. The van der Waals surface area contributed by atoms with Crippen molar-refractivity contribution in [2.75, 3.05) is 6.54 Å². The molecule has 2 atom stereocenters. The van der Waals surface area contributed by atoms with Crippen molar-refractivity contribution in [1.29, 1.82) is 0 Å². The van der Waals surface area contributed by atoms with E-state index in [-0.39, 0.29) is 6.10 Å². The van der Waals surface area contributed by atoms with E-state index < -0.39 is 0 Å². The summed E-state index contributed by atoms with van der Waals surface area (Å²) in [5.41, 5.74) is 0.951. The van der Waals surface area contributed by atoms with Crippen molar-refractivity contribution >= 4 is 11.0 Å². The van der Waals surface area contributed by atoms with E-state index in [2.05, 4.69) is 17.4 Å². The molecule has 3 heteroatoms. The Morgan fingerprint density at radius 1 is 1.26 bits per heavy atom. The lowest BCUT2D eigenvalue weighted by atomic mass is 9.87. The summed E-state index contributed by atoms with van der Waals surface area (Å²) in [4.78, 5) is 0. The molecule has 1 fully saturated rings. The highest BCUT2D eigenvalue weighted by molar-refractivity contribution is 5.77.